The van der Waals surface area contributed by atoms with E-state index in [2.05, 4.69) is 11.2 Å². The van der Waals surface area contributed by atoms with E-state index in [0.717, 1.165) is 30.0 Å². The lowest BCUT2D eigenvalue weighted by Gasteiger charge is -2.07. The SMILES string of the molecule is C#CCOc1ccc(CNCCc2ccccc2F)cc1. The molecule has 0 radical (unpaired) electrons. The smallest absolute Gasteiger partial charge is 0.148 e. The fourth-order valence-corrected chi connectivity index (χ4v) is 1.99. The number of benzene rings is 2. The molecule has 0 fully saturated rings. The molecular weight excluding hydrogens is 265 g/mol. The molecule has 0 heterocycles. The first-order valence-electron chi connectivity index (χ1n) is 6.89. The summed E-state index contributed by atoms with van der Waals surface area (Å²) < 4.78 is 18.7. The number of hydrogen-bond acceptors (Lipinski definition) is 2. The van der Waals surface area contributed by atoms with Gasteiger partial charge in [0.15, 0.2) is 0 Å². The van der Waals surface area contributed by atoms with Crippen LogP contribution in [0.2, 0.25) is 0 Å². The molecule has 21 heavy (non-hydrogen) atoms. The predicted octanol–water partition coefficient (Wildman–Crippen LogP) is 3.17. The van der Waals surface area contributed by atoms with Crippen LogP contribution in [0.5, 0.6) is 5.75 Å². The minimum Gasteiger partial charge on any atom is -0.481 e. The van der Waals surface area contributed by atoms with Gasteiger partial charge in [-0.3, -0.25) is 0 Å². The van der Waals surface area contributed by atoms with Crippen LogP contribution in [0.4, 0.5) is 4.39 Å². The second-order valence-corrected chi connectivity index (χ2v) is 4.65. The van der Waals surface area contributed by atoms with Crippen LogP contribution in [0.1, 0.15) is 11.1 Å². The Balaban J connectivity index is 1.74. The molecule has 2 nitrogen and oxygen atoms in total. The lowest BCUT2D eigenvalue weighted by atomic mass is 10.1. The predicted molar refractivity (Wildman–Crippen MR) is 82.6 cm³/mol. The number of halogens is 1. The van der Waals surface area contributed by atoms with Gasteiger partial charge in [0.1, 0.15) is 18.2 Å². The number of terminal acetylenes is 1. The van der Waals surface area contributed by atoms with Gasteiger partial charge in [0.25, 0.3) is 0 Å². The van der Waals surface area contributed by atoms with Gasteiger partial charge in [0.2, 0.25) is 0 Å². The lowest BCUT2D eigenvalue weighted by molar-refractivity contribution is 0.370. The number of rotatable bonds is 7. The summed E-state index contributed by atoms with van der Waals surface area (Å²) in [5.41, 5.74) is 1.89. The van der Waals surface area contributed by atoms with Gasteiger partial charge in [-0.05, 0) is 42.3 Å². The van der Waals surface area contributed by atoms with Crippen LogP contribution in [-0.2, 0) is 13.0 Å². The van der Waals surface area contributed by atoms with Crippen molar-refractivity contribution in [3.63, 3.8) is 0 Å². The monoisotopic (exact) mass is 283 g/mol. The molecule has 0 aliphatic heterocycles. The molecule has 3 heteroatoms. The van der Waals surface area contributed by atoms with Crippen molar-refractivity contribution >= 4 is 0 Å². The van der Waals surface area contributed by atoms with E-state index in [1.807, 2.05) is 36.4 Å². The molecule has 0 aliphatic rings. The second kappa shape index (κ2) is 8.08. The Morgan fingerprint density at radius 1 is 1.10 bits per heavy atom. The fraction of sp³-hybridized carbons (Fsp3) is 0.222. The molecular formula is C18H18FNO. The summed E-state index contributed by atoms with van der Waals surface area (Å²) in [5.74, 6) is 3.05. The molecule has 0 aromatic heterocycles. The van der Waals surface area contributed by atoms with Crippen LogP contribution in [0.3, 0.4) is 0 Å². The molecule has 2 aromatic rings. The van der Waals surface area contributed by atoms with Gasteiger partial charge in [-0.2, -0.15) is 0 Å². The molecule has 2 rings (SSSR count). The molecule has 0 unspecified atom stereocenters. The summed E-state index contributed by atoms with van der Waals surface area (Å²) in [6.07, 6.45) is 5.81. The quantitative estimate of drug-likeness (QED) is 0.622. The highest BCUT2D eigenvalue weighted by Crippen LogP contribution is 2.12. The molecule has 1 N–H and O–H groups in total. The molecule has 0 bridgehead atoms. The van der Waals surface area contributed by atoms with Gasteiger partial charge in [-0.15, -0.1) is 6.42 Å². The Hall–Kier alpha value is -2.31. The molecule has 2 aromatic carbocycles. The van der Waals surface area contributed by atoms with Crippen molar-refractivity contribution in [2.45, 2.75) is 13.0 Å². The lowest BCUT2D eigenvalue weighted by Crippen LogP contribution is -2.17. The van der Waals surface area contributed by atoms with E-state index in [9.17, 15) is 4.39 Å². The van der Waals surface area contributed by atoms with E-state index < -0.39 is 0 Å². The summed E-state index contributed by atoms with van der Waals surface area (Å²) in [6.45, 7) is 1.75. The largest absolute Gasteiger partial charge is 0.481 e. The zero-order valence-electron chi connectivity index (χ0n) is 11.8. The summed E-state index contributed by atoms with van der Waals surface area (Å²) >= 11 is 0. The van der Waals surface area contributed by atoms with Gasteiger partial charge in [0, 0.05) is 6.54 Å². The second-order valence-electron chi connectivity index (χ2n) is 4.65. The Morgan fingerprint density at radius 2 is 1.86 bits per heavy atom. The summed E-state index contributed by atoms with van der Waals surface area (Å²) in [6, 6.07) is 14.6. The molecule has 0 spiro atoms. The maximum atomic E-state index is 13.4. The van der Waals surface area contributed by atoms with Crippen LogP contribution in [0.15, 0.2) is 48.5 Å². The van der Waals surface area contributed by atoms with E-state index in [0.29, 0.717) is 6.42 Å². The van der Waals surface area contributed by atoms with Crippen molar-refractivity contribution in [2.24, 2.45) is 0 Å². The van der Waals surface area contributed by atoms with Crippen molar-refractivity contribution in [1.29, 1.82) is 0 Å². The zero-order chi connectivity index (χ0) is 14.9. The Morgan fingerprint density at radius 3 is 2.57 bits per heavy atom. The van der Waals surface area contributed by atoms with E-state index >= 15 is 0 Å². The number of nitrogens with one attached hydrogen (secondary N) is 1. The minimum absolute atomic E-state index is 0.144. The summed E-state index contributed by atoms with van der Waals surface area (Å²) in [7, 11) is 0. The van der Waals surface area contributed by atoms with Crippen LogP contribution >= 0.6 is 0 Å². The van der Waals surface area contributed by atoms with Crippen LogP contribution in [0, 0.1) is 18.2 Å². The third-order valence-corrected chi connectivity index (χ3v) is 3.10. The van der Waals surface area contributed by atoms with Crippen molar-refractivity contribution in [1.82, 2.24) is 5.32 Å². The first-order chi connectivity index (χ1) is 10.3. The maximum absolute atomic E-state index is 13.4. The van der Waals surface area contributed by atoms with Crippen molar-refractivity contribution in [3.05, 3.63) is 65.5 Å². The zero-order valence-corrected chi connectivity index (χ0v) is 11.8. The standard InChI is InChI=1S/C18H18FNO/c1-2-13-21-17-9-7-15(8-10-17)14-20-12-11-16-5-3-4-6-18(16)19/h1,3-10,20H,11-14H2. The molecule has 0 atom stereocenters. The molecule has 0 saturated heterocycles. The maximum Gasteiger partial charge on any atom is 0.148 e. The number of ether oxygens (including phenoxy) is 1. The third-order valence-electron chi connectivity index (χ3n) is 3.10. The van der Waals surface area contributed by atoms with Gasteiger partial charge < -0.3 is 10.1 Å². The minimum atomic E-state index is -0.144. The van der Waals surface area contributed by atoms with E-state index in [1.54, 1.807) is 6.07 Å². The van der Waals surface area contributed by atoms with E-state index in [-0.39, 0.29) is 12.4 Å². The van der Waals surface area contributed by atoms with Crippen LogP contribution < -0.4 is 10.1 Å². The van der Waals surface area contributed by atoms with Crippen molar-refractivity contribution < 1.29 is 9.13 Å². The Bertz CT molecular complexity index is 601. The number of hydrogen-bond donors (Lipinski definition) is 1. The highest BCUT2D eigenvalue weighted by molar-refractivity contribution is 5.27. The van der Waals surface area contributed by atoms with Crippen LogP contribution in [-0.4, -0.2) is 13.2 Å². The first kappa shape index (κ1) is 15.1. The summed E-state index contributed by atoms with van der Waals surface area (Å²) in [4.78, 5) is 0. The van der Waals surface area contributed by atoms with E-state index in [4.69, 9.17) is 11.2 Å². The average molecular weight is 283 g/mol. The van der Waals surface area contributed by atoms with Gasteiger partial charge in [0.05, 0.1) is 0 Å². The molecule has 0 amide bonds. The Kier molecular flexibility index (Phi) is 5.81. The van der Waals surface area contributed by atoms with Gasteiger partial charge in [-0.25, -0.2) is 4.39 Å². The summed E-state index contributed by atoms with van der Waals surface area (Å²) in [5, 5.41) is 3.30. The first-order valence-corrected chi connectivity index (χ1v) is 6.89. The van der Waals surface area contributed by atoms with E-state index in [1.165, 1.54) is 6.07 Å². The highest BCUT2D eigenvalue weighted by atomic mass is 19.1. The Labute approximate surface area is 125 Å². The molecule has 0 saturated carbocycles. The highest BCUT2D eigenvalue weighted by Gasteiger charge is 2.00. The average Bonchev–Trinajstić information content (AvgIpc) is 2.52. The normalized spacial score (nSPS) is 10.1. The molecule has 108 valence electrons. The third kappa shape index (κ3) is 4.94. The van der Waals surface area contributed by atoms with Crippen molar-refractivity contribution in [3.8, 4) is 18.1 Å². The fourth-order valence-electron chi connectivity index (χ4n) is 1.99. The topological polar surface area (TPSA) is 21.3 Å². The molecule has 0 aliphatic carbocycles. The van der Waals surface area contributed by atoms with Crippen molar-refractivity contribution in [2.75, 3.05) is 13.2 Å². The van der Waals surface area contributed by atoms with Gasteiger partial charge in [-0.1, -0.05) is 36.3 Å². The van der Waals surface area contributed by atoms with Crippen LogP contribution in [0.25, 0.3) is 0 Å². The van der Waals surface area contributed by atoms with Gasteiger partial charge >= 0.3 is 0 Å².